The van der Waals surface area contributed by atoms with Crippen LogP contribution in [0.5, 0.6) is 0 Å². The number of aliphatic hydroxyl groups excluding tert-OH is 1. The lowest BCUT2D eigenvalue weighted by atomic mass is 9.91. The summed E-state index contributed by atoms with van der Waals surface area (Å²) in [6, 6.07) is 16.8. The minimum absolute atomic E-state index is 0.0608. The Kier molecular flexibility index (Phi) is 14.4. The van der Waals surface area contributed by atoms with Crippen molar-refractivity contribution in [1.29, 1.82) is 0 Å². The Hall–Kier alpha value is -3.20. The molecule has 1 unspecified atom stereocenters. The topological polar surface area (TPSA) is 143 Å². The van der Waals surface area contributed by atoms with Gasteiger partial charge in [-0.3, -0.25) is 14.2 Å². The average molecular weight is 630 g/mol. The summed E-state index contributed by atoms with van der Waals surface area (Å²) in [5.41, 5.74) is 1.72. The van der Waals surface area contributed by atoms with E-state index in [2.05, 4.69) is 16.0 Å². The van der Waals surface area contributed by atoms with E-state index in [4.69, 9.17) is 9.26 Å². The van der Waals surface area contributed by atoms with Crippen LogP contribution in [0.4, 0.5) is 4.79 Å². The third-order valence-electron chi connectivity index (χ3n) is 7.76. The Morgan fingerprint density at radius 1 is 0.864 bits per heavy atom. The highest BCUT2D eigenvalue weighted by Crippen LogP contribution is 2.51. The predicted octanol–water partition coefficient (Wildman–Crippen LogP) is 4.99. The maximum absolute atomic E-state index is 14.0. The number of alkyl carbamates (subject to hydrolysis) is 1. The molecule has 3 amide bonds. The van der Waals surface area contributed by atoms with Gasteiger partial charge < -0.3 is 30.3 Å². The molecule has 0 bridgehead atoms. The van der Waals surface area contributed by atoms with Gasteiger partial charge in [-0.05, 0) is 42.7 Å². The standard InChI is InChI=1S/C33H48N3O7P/c1-24(2)30(36-31(38)25(3)35-33(40)42-20-26-13-7-4-8-14-26)32(39)34-19-29(37)23-44(41,22-28-17-11-6-12-18-28)43-21-27-15-9-5-10-16-27/h4-5,7-10,13-16,24-25,28-30,37H,6,11-12,17-23H2,1-3H3,(H,34,39)(H,35,40)(H,36,38)/t25-,29-,30-,44?/m0/s1. The van der Waals surface area contributed by atoms with E-state index < -0.39 is 43.5 Å². The van der Waals surface area contributed by atoms with Gasteiger partial charge in [-0.1, -0.05) is 93.8 Å². The molecule has 0 radical (unpaired) electrons. The fourth-order valence-electron chi connectivity index (χ4n) is 5.24. The second kappa shape index (κ2) is 17.9. The van der Waals surface area contributed by atoms with Crippen LogP contribution in [0.1, 0.15) is 64.0 Å². The van der Waals surface area contributed by atoms with Gasteiger partial charge in [-0.15, -0.1) is 0 Å². The van der Waals surface area contributed by atoms with Crippen molar-refractivity contribution >= 4 is 25.3 Å². The summed E-state index contributed by atoms with van der Waals surface area (Å²) in [6.07, 6.45) is 3.89. The Morgan fingerprint density at radius 2 is 1.45 bits per heavy atom. The highest BCUT2D eigenvalue weighted by Gasteiger charge is 2.33. The molecular formula is C33H48N3O7P. The van der Waals surface area contributed by atoms with Gasteiger partial charge in [-0.25, -0.2) is 4.79 Å². The zero-order chi connectivity index (χ0) is 32.0. The van der Waals surface area contributed by atoms with Crippen molar-refractivity contribution in [1.82, 2.24) is 16.0 Å². The molecule has 11 heteroatoms. The summed E-state index contributed by atoms with van der Waals surface area (Å²) >= 11 is 0. The molecule has 44 heavy (non-hydrogen) atoms. The number of hydrogen-bond acceptors (Lipinski definition) is 7. The van der Waals surface area contributed by atoms with E-state index in [1.54, 1.807) is 13.8 Å². The lowest BCUT2D eigenvalue weighted by Crippen LogP contribution is -2.55. The Morgan fingerprint density at radius 3 is 2.05 bits per heavy atom. The second-order valence-corrected chi connectivity index (χ2v) is 14.6. The number of carbonyl (C=O) groups excluding carboxylic acids is 3. The molecule has 4 N–H and O–H groups in total. The fourth-order valence-corrected chi connectivity index (χ4v) is 7.91. The van der Waals surface area contributed by atoms with Crippen molar-refractivity contribution in [2.45, 2.75) is 84.3 Å². The second-order valence-electron chi connectivity index (χ2n) is 12.0. The van der Waals surface area contributed by atoms with Gasteiger partial charge >= 0.3 is 6.09 Å². The first-order valence-corrected chi connectivity index (χ1v) is 17.5. The smallest absolute Gasteiger partial charge is 0.408 e. The van der Waals surface area contributed by atoms with Gasteiger partial charge in [0, 0.05) is 12.7 Å². The average Bonchev–Trinajstić information content (AvgIpc) is 3.01. The first kappa shape index (κ1) is 35.3. The number of carbonyl (C=O) groups is 3. The number of aliphatic hydroxyl groups is 1. The Balaban J connectivity index is 1.50. The van der Waals surface area contributed by atoms with Gasteiger partial charge in [0.1, 0.15) is 18.7 Å². The lowest BCUT2D eigenvalue weighted by molar-refractivity contribution is -0.131. The molecule has 0 aliphatic heterocycles. The molecule has 0 heterocycles. The molecule has 0 aromatic heterocycles. The minimum atomic E-state index is -3.21. The normalized spacial score (nSPS) is 17.1. The quantitative estimate of drug-likeness (QED) is 0.192. The van der Waals surface area contributed by atoms with Crippen molar-refractivity contribution in [3.05, 3.63) is 71.8 Å². The monoisotopic (exact) mass is 629 g/mol. The molecule has 0 saturated heterocycles. The van der Waals surface area contributed by atoms with Crippen LogP contribution in [0.25, 0.3) is 0 Å². The van der Waals surface area contributed by atoms with Crippen molar-refractivity contribution in [2.24, 2.45) is 11.8 Å². The number of benzene rings is 2. The van der Waals surface area contributed by atoms with Crippen LogP contribution in [0.15, 0.2) is 60.7 Å². The first-order chi connectivity index (χ1) is 21.0. The molecule has 10 nitrogen and oxygen atoms in total. The first-order valence-electron chi connectivity index (χ1n) is 15.5. The van der Waals surface area contributed by atoms with Crippen LogP contribution in [0.3, 0.4) is 0 Å². The number of hydrogen-bond donors (Lipinski definition) is 4. The molecule has 242 valence electrons. The molecule has 2 aromatic rings. The van der Waals surface area contributed by atoms with E-state index in [9.17, 15) is 24.1 Å². The van der Waals surface area contributed by atoms with Crippen molar-refractivity contribution in [3.63, 3.8) is 0 Å². The molecule has 2 aromatic carbocycles. The van der Waals surface area contributed by atoms with Crippen molar-refractivity contribution in [2.75, 3.05) is 18.9 Å². The third-order valence-corrected chi connectivity index (χ3v) is 10.4. The fraction of sp³-hybridized carbons (Fsp3) is 0.545. The van der Waals surface area contributed by atoms with Crippen LogP contribution in [-0.2, 0) is 36.6 Å². The third kappa shape index (κ3) is 12.4. The van der Waals surface area contributed by atoms with Gasteiger partial charge in [0.2, 0.25) is 19.2 Å². The highest BCUT2D eigenvalue weighted by molar-refractivity contribution is 7.59. The Bertz CT molecular complexity index is 1220. The summed E-state index contributed by atoms with van der Waals surface area (Å²) in [6.45, 7) is 5.17. The molecule has 1 saturated carbocycles. The molecule has 1 aliphatic carbocycles. The SMILES string of the molecule is CC(C)[C@H](NC(=O)[C@H](C)NC(=O)OCc1ccccc1)C(=O)NC[C@H](O)CP(=O)(CC1CCCCC1)OCc1ccccc1. The number of ether oxygens (including phenoxy) is 1. The summed E-state index contributed by atoms with van der Waals surface area (Å²) in [4.78, 5) is 38.1. The molecular weight excluding hydrogens is 581 g/mol. The van der Waals surface area contributed by atoms with Gasteiger partial charge in [0.05, 0.1) is 18.9 Å². The number of nitrogens with one attached hydrogen (secondary N) is 3. The van der Waals surface area contributed by atoms with E-state index in [-0.39, 0.29) is 31.8 Å². The zero-order valence-corrected chi connectivity index (χ0v) is 27.0. The molecule has 4 atom stereocenters. The Labute approximate surface area is 261 Å². The van der Waals surface area contributed by atoms with Gasteiger partial charge in [0.25, 0.3) is 0 Å². The number of amides is 3. The summed E-state index contributed by atoms with van der Waals surface area (Å²) < 4.78 is 25.2. The van der Waals surface area contributed by atoms with Crippen LogP contribution in [0.2, 0.25) is 0 Å². The maximum atomic E-state index is 14.0. The van der Waals surface area contributed by atoms with Crippen LogP contribution in [-0.4, -0.2) is 60.1 Å². The van der Waals surface area contributed by atoms with Crippen molar-refractivity contribution in [3.8, 4) is 0 Å². The van der Waals surface area contributed by atoms with Crippen LogP contribution < -0.4 is 16.0 Å². The van der Waals surface area contributed by atoms with Crippen molar-refractivity contribution < 1.29 is 33.3 Å². The highest BCUT2D eigenvalue weighted by atomic mass is 31.2. The summed E-state index contributed by atoms with van der Waals surface area (Å²) in [5, 5.41) is 18.7. The largest absolute Gasteiger partial charge is 0.445 e. The molecule has 1 aliphatic rings. The van der Waals surface area contributed by atoms with E-state index in [1.165, 1.54) is 13.3 Å². The van der Waals surface area contributed by atoms with E-state index in [1.807, 2.05) is 60.7 Å². The number of rotatable bonds is 16. The molecule has 0 spiro atoms. The van der Waals surface area contributed by atoms with E-state index in [0.29, 0.717) is 12.1 Å². The van der Waals surface area contributed by atoms with Crippen LogP contribution >= 0.6 is 7.37 Å². The molecule has 3 rings (SSSR count). The zero-order valence-electron chi connectivity index (χ0n) is 26.1. The molecule has 1 fully saturated rings. The lowest BCUT2D eigenvalue weighted by Gasteiger charge is -2.28. The maximum Gasteiger partial charge on any atom is 0.408 e. The van der Waals surface area contributed by atoms with Gasteiger partial charge in [0.15, 0.2) is 0 Å². The van der Waals surface area contributed by atoms with Crippen LogP contribution in [0, 0.1) is 11.8 Å². The minimum Gasteiger partial charge on any atom is -0.445 e. The van der Waals surface area contributed by atoms with E-state index in [0.717, 1.165) is 36.8 Å². The summed E-state index contributed by atoms with van der Waals surface area (Å²) in [5.74, 6) is -1.03. The van der Waals surface area contributed by atoms with Gasteiger partial charge in [-0.2, -0.15) is 0 Å². The summed E-state index contributed by atoms with van der Waals surface area (Å²) in [7, 11) is -3.21. The predicted molar refractivity (Wildman–Crippen MR) is 170 cm³/mol. The van der Waals surface area contributed by atoms with E-state index >= 15 is 0 Å².